The molecule has 10 nitrogen and oxygen atoms in total. The standard InChI is InChI=1S/C27H24N10S/c1-18-32-13-25(38-18)20-3-2-4-22(9-20)27(28)24(21-10-29-15-30-11-21)12-33-26(36-27)35-23-7-5-19(6-8-23)14-37-17-31-16-34-37/h2-13,15-17H,14,28H2,1H3,(H2,33,35,36). The highest BCUT2D eigenvalue weighted by Crippen LogP contribution is 2.38. The van der Waals surface area contributed by atoms with Gasteiger partial charge in [-0.15, -0.1) is 11.3 Å². The Hall–Kier alpha value is -4.74. The lowest BCUT2D eigenvalue weighted by Gasteiger charge is -2.33. The number of thiazole rings is 1. The second-order valence-corrected chi connectivity index (χ2v) is 10.0. The summed E-state index contributed by atoms with van der Waals surface area (Å²) in [7, 11) is 0. The molecule has 38 heavy (non-hydrogen) atoms. The van der Waals surface area contributed by atoms with E-state index in [-0.39, 0.29) is 0 Å². The summed E-state index contributed by atoms with van der Waals surface area (Å²) < 4.78 is 1.78. The number of nitrogens with two attached hydrogens (primary N) is 1. The number of benzene rings is 2. The van der Waals surface area contributed by atoms with E-state index in [1.165, 1.54) is 12.7 Å². The highest BCUT2D eigenvalue weighted by Gasteiger charge is 2.36. The van der Waals surface area contributed by atoms with Crippen LogP contribution in [0.4, 0.5) is 5.69 Å². The molecular weight excluding hydrogens is 496 g/mol. The zero-order chi connectivity index (χ0) is 26.0. The Morgan fingerprint density at radius 1 is 1.00 bits per heavy atom. The number of rotatable bonds is 6. The summed E-state index contributed by atoms with van der Waals surface area (Å²) in [6.07, 6.45) is 11.9. The second kappa shape index (κ2) is 9.96. The molecule has 0 spiro atoms. The van der Waals surface area contributed by atoms with Crippen LogP contribution in [0, 0.1) is 6.92 Å². The predicted molar refractivity (Wildman–Crippen MR) is 148 cm³/mol. The molecule has 188 valence electrons. The van der Waals surface area contributed by atoms with Crippen LogP contribution in [0.5, 0.6) is 0 Å². The number of anilines is 1. The smallest absolute Gasteiger partial charge is 0.202 e. The van der Waals surface area contributed by atoms with E-state index in [0.717, 1.165) is 43.4 Å². The molecule has 1 aliphatic heterocycles. The highest BCUT2D eigenvalue weighted by molar-refractivity contribution is 7.15. The molecule has 0 saturated carbocycles. The van der Waals surface area contributed by atoms with E-state index in [1.54, 1.807) is 34.7 Å². The number of hydrogen-bond donors (Lipinski definition) is 3. The van der Waals surface area contributed by atoms with Crippen molar-refractivity contribution in [3.05, 3.63) is 114 Å². The minimum Gasteiger partial charge on any atom is -0.332 e. The van der Waals surface area contributed by atoms with Crippen LogP contribution in [0.25, 0.3) is 16.0 Å². The molecule has 5 aromatic rings. The van der Waals surface area contributed by atoms with Crippen LogP contribution >= 0.6 is 11.3 Å². The summed E-state index contributed by atoms with van der Waals surface area (Å²) in [6.45, 7) is 2.64. The Bertz CT molecular complexity index is 1610. The molecule has 0 bridgehead atoms. The molecule has 11 heteroatoms. The molecule has 1 aliphatic rings. The maximum atomic E-state index is 7.13. The van der Waals surface area contributed by atoms with Crippen LogP contribution < -0.4 is 16.4 Å². The zero-order valence-electron chi connectivity index (χ0n) is 20.5. The molecule has 0 amide bonds. The van der Waals surface area contributed by atoms with E-state index in [0.29, 0.717) is 12.5 Å². The molecule has 0 saturated heterocycles. The third kappa shape index (κ3) is 4.80. The third-order valence-corrected chi connectivity index (χ3v) is 7.12. The fourth-order valence-corrected chi connectivity index (χ4v) is 5.05. The Labute approximate surface area is 223 Å². The van der Waals surface area contributed by atoms with E-state index >= 15 is 0 Å². The van der Waals surface area contributed by atoms with Gasteiger partial charge in [0.15, 0.2) is 5.66 Å². The van der Waals surface area contributed by atoms with Crippen LogP contribution in [0.3, 0.4) is 0 Å². The van der Waals surface area contributed by atoms with Gasteiger partial charge in [0.1, 0.15) is 19.0 Å². The summed E-state index contributed by atoms with van der Waals surface area (Å²) in [5.74, 6) is 0.524. The average molecular weight is 521 g/mol. The summed E-state index contributed by atoms with van der Waals surface area (Å²) >= 11 is 1.64. The molecule has 1 unspecified atom stereocenters. The van der Waals surface area contributed by atoms with Gasteiger partial charge in [-0.2, -0.15) is 5.10 Å². The van der Waals surface area contributed by atoms with Gasteiger partial charge in [-0.05, 0) is 41.8 Å². The predicted octanol–water partition coefficient (Wildman–Crippen LogP) is 3.77. The third-order valence-electron chi connectivity index (χ3n) is 6.16. The first-order valence-electron chi connectivity index (χ1n) is 11.9. The molecule has 4 N–H and O–H groups in total. The summed E-state index contributed by atoms with van der Waals surface area (Å²) in [5.41, 5.74) is 11.3. The maximum Gasteiger partial charge on any atom is 0.202 e. The Kier molecular flexibility index (Phi) is 6.20. The van der Waals surface area contributed by atoms with E-state index in [4.69, 9.17) is 10.7 Å². The van der Waals surface area contributed by atoms with Crippen molar-refractivity contribution in [2.75, 3.05) is 5.32 Å². The minimum absolute atomic E-state index is 0.524. The van der Waals surface area contributed by atoms with Crippen LogP contribution in [0.15, 0.2) is 97.3 Å². The van der Waals surface area contributed by atoms with Gasteiger partial charge < -0.3 is 10.6 Å². The van der Waals surface area contributed by atoms with Crippen molar-refractivity contribution < 1.29 is 0 Å². The van der Waals surface area contributed by atoms with Crippen LogP contribution in [-0.2, 0) is 12.2 Å². The van der Waals surface area contributed by atoms with Crippen molar-refractivity contribution in [1.29, 1.82) is 0 Å². The molecule has 3 aromatic heterocycles. The maximum absolute atomic E-state index is 7.13. The molecule has 6 rings (SSSR count). The molecule has 4 heterocycles. The Balaban J connectivity index is 1.33. The monoisotopic (exact) mass is 520 g/mol. The molecule has 0 radical (unpaired) electrons. The van der Waals surface area contributed by atoms with E-state index < -0.39 is 5.66 Å². The van der Waals surface area contributed by atoms with Gasteiger partial charge in [0.05, 0.1) is 16.4 Å². The first-order valence-corrected chi connectivity index (χ1v) is 12.7. The number of nitrogens with zero attached hydrogens (tertiary/aromatic N) is 7. The number of hydrogen-bond acceptors (Lipinski definition) is 10. The first kappa shape index (κ1) is 23.6. The van der Waals surface area contributed by atoms with E-state index in [1.807, 2.05) is 55.7 Å². The van der Waals surface area contributed by atoms with Gasteiger partial charge in [0, 0.05) is 41.6 Å². The van der Waals surface area contributed by atoms with Crippen molar-refractivity contribution >= 4 is 28.6 Å². The second-order valence-electron chi connectivity index (χ2n) is 8.80. The Morgan fingerprint density at radius 2 is 1.84 bits per heavy atom. The number of guanidine groups is 1. The first-order chi connectivity index (χ1) is 18.6. The van der Waals surface area contributed by atoms with Gasteiger partial charge >= 0.3 is 0 Å². The fourth-order valence-electron chi connectivity index (χ4n) is 4.28. The fraction of sp³-hybridized carbons (Fsp3) is 0.111. The minimum atomic E-state index is -1.19. The lowest BCUT2D eigenvalue weighted by atomic mass is 9.87. The summed E-state index contributed by atoms with van der Waals surface area (Å²) in [5, 5.41) is 11.8. The van der Waals surface area contributed by atoms with Crippen molar-refractivity contribution in [3.8, 4) is 10.4 Å². The lowest BCUT2D eigenvalue weighted by molar-refractivity contribution is 0.604. The molecular formula is C27H24N10S. The van der Waals surface area contributed by atoms with Gasteiger partial charge in [-0.25, -0.2) is 29.6 Å². The topological polar surface area (TPSA) is 132 Å². The molecule has 1 atom stereocenters. The number of aromatic nitrogens is 6. The van der Waals surface area contributed by atoms with Crippen LogP contribution in [0.2, 0.25) is 0 Å². The number of aryl methyl sites for hydroxylation is 1. The van der Waals surface area contributed by atoms with Crippen molar-refractivity contribution in [2.24, 2.45) is 10.7 Å². The van der Waals surface area contributed by atoms with Crippen LogP contribution in [0.1, 0.15) is 21.7 Å². The van der Waals surface area contributed by atoms with E-state index in [2.05, 4.69) is 47.8 Å². The lowest BCUT2D eigenvalue weighted by Crippen LogP contribution is -2.44. The quantitative estimate of drug-likeness (QED) is 0.308. The molecule has 0 aliphatic carbocycles. The van der Waals surface area contributed by atoms with E-state index in [9.17, 15) is 0 Å². The molecule has 0 fully saturated rings. The molecule has 2 aromatic carbocycles. The van der Waals surface area contributed by atoms with Crippen LogP contribution in [-0.4, -0.2) is 35.7 Å². The van der Waals surface area contributed by atoms with Crippen molar-refractivity contribution in [3.63, 3.8) is 0 Å². The SMILES string of the molecule is Cc1ncc(-c2cccc(C3(N)N=C(Nc4ccc(Cn5cncn5)cc4)NC=C3c3cncnc3)c2)s1. The van der Waals surface area contributed by atoms with Gasteiger partial charge in [0.25, 0.3) is 0 Å². The summed E-state index contributed by atoms with van der Waals surface area (Å²) in [4.78, 5) is 22.8. The summed E-state index contributed by atoms with van der Waals surface area (Å²) in [6, 6.07) is 16.2. The number of nitrogens with one attached hydrogen (secondary N) is 2. The largest absolute Gasteiger partial charge is 0.332 e. The Morgan fingerprint density at radius 3 is 2.58 bits per heavy atom. The van der Waals surface area contributed by atoms with Gasteiger partial charge in [0.2, 0.25) is 5.96 Å². The zero-order valence-corrected chi connectivity index (χ0v) is 21.3. The van der Waals surface area contributed by atoms with Gasteiger partial charge in [-0.1, -0.05) is 30.3 Å². The van der Waals surface area contributed by atoms with Crippen molar-refractivity contribution in [1.82, 2.24) is 35.0 Å². The average Bonchev–Trinajstić information content (AvgIpc) is 3.62. The number of aliphatic imine (C=N–C) groups is 1. The van der Waals surface area contributed by atoms with Gasteiger partial charge in [-0.3, -0.25) is 5.73 Å². The van der Waals surface area contributed by atoms with Crippen molar-refractivity contribution in [2.45, 2.75) is 19.1 Å². The normalized spacial score (nSPS) is 16.9. The highest BCUT2D eigenvalue weighted by atomic mass is 32.1.